The summed E-state index contributed by atoms with van der Waals surface area (Å²) in [5.41, 5.74) is 1.26. The SMILES string of the molecule is CC(C)C1C(c2ccccc2)NCCC(C)S1=O. The zero-order valence-corrected chi connectivity index (χ0v) is 12.2. The minimum Gasteiger partial charge on any atom is -0.309 e. The van der Waals surface area contributed by atoms with Crippen LogP contribution in [0.3, 0.4) is 0 Å². The molecule has 4 unspecified atom stereocenters. The maximum Gasteiger partial charge on any atom is 0.0568 e. The van der Waals surface area contributed by atoms with E-state index in [1.165, 1.54) is 5.56 Å². The fourth-order valence-corrected chi connectivity index (χ4v) is 4.64. The first kappa shape index (κ1) is 13.8. The van der Waals surface area contributed by atoms with Crippen LogP contribution in [0.4, 0.5) is 0 Å². The van der Waals surface area contributed by atoms with Gasteiger partial charge in [0.1, 0.15) is 0 Å². The fourth-order valence-electron chi connectivity index (χ4n) is 2.70. The Kier molecular flexibility index (Phi) is 4.57. The Balaban J connectivity index is 2.34. The third kappa shape index (κ3) is 2.83. The summed E-state index contributed by atoms with van der Waals surface area (Å²) in [6.45, 7) is 7.42. The van der Waals surface area contributed by atoms with Gasteiger partial charge in [-0.3, -0.25) is 4.21 Å². The molecule has 4 atom stereocenters. The minimum absolute atomic E-state index is 0.199. The zero-order chi connectivity index (χ0) is 13.1. The molecule has 100 valence electrons. The molecule has 18 heavy (non-hydrogen) atoms. The average Bonchev–Trinajstić information content (AvgIpc) is 2.51. The molecule has 0 aliphatic carbocycles. The zero-order valence-electron chi connectivity index (χ0n) is 11.4. The number of hydrogen-bond donors (Lipinski definition) is 1. The van der Waals surface area contributed by atoms with E-state index in [0.717, 1.165) is 13.0 Å². The van der Waals surface area contributed by atoms with Gasteiger partial charge in [0.05, 0.1) is 5.25 Å². The van der Waals surface area contributed by atoms with Gasteiger partial charge in [-0.25, -0.2) is 0 Å². The second-order valence-corrected chi connectivity index (χ2v) is 7.49. The first-order valence-corrected chi connectivity index (χ1v) is 8.06. The number of benzene rings is 1. The Labute approximate surface area is 113 Å². The van der Waals surface area contributed by atoms with Crippen LogP contribution in [0.5, 0.6) is 0 Å². The molecular weight excluding hydrogens is 242 g/mol. The van der Waals surface area contributed by atoms with Gasteiger partial charge < -0.3 is 5.32 Å². The van der Waals surface area contributed by atoms with Gasteiger partial charge in [-0.15, -0.1) is 0 Å². The van der Waals surface area contributed by atoms with Gasteiger partial charge in [0.25, 0.3) is 0 Å². The Morgan fingerprint density at radius 2 is 1.94 bits per heavy atom. The van der Waals surface area contributed by atoms with Crippen molar-refractivity contribution in [1.29, 1.82) is 0 Å². The van der Waals surface area contributed by atoms with Crippen molar-refractivity contribution >= 4 is 10.8 Å². The van der Waals surface area contributed by atoms with Crippen molar-refractivity contribution in [2.45, 2.75) is 43.7 Å². The largest absolute Gasteiger partial charge is 0.309 e. The predicted octanol–water partition coefficient (Wildman–Crippen LogP) is 2.88. The molecule has 1 aromatic rings. The van der Waals surface area contributed by atoms with Gasteiger partial charge in [0.15, 0.2) is 0 Å². The standard InChI is InChI=1S/C15H23NOS/c1-11(2)15-14(13-7-5-4-6-8-13)16-10-9-12(3)18(15)17/h4-8,11-12,14-16H,9-10H2,1-3H3. The molecule has 0 bridgehead atoms. The molecule has 1 aliphatic heterocycles. The maximum absolute atomic E-state index is 12.6. The van der Waals surface area contributed by atoms with Crippen LogP contribution in [-0.4, -0.2) is 21.3 Å². The van der Waals surface area contributed by atoms with E-state index in [-0.39, 0.29) is 11.3 Å². The first-order chi connectivity index (χ1) is 8.61. The van der Waals surface area contributed by atoms with Crippen LogP contribution in [0.2, 0.25) is 0 Å². The number of rotatable bonds is 2. The van der Waals surface area contributed by atoms with Gasteiger partial charge in [-0.2, -0.15) is 0 Å². The number of hydrogen-bond acceptors (Lipinski definition) is 2. The van der Waals surface area contributed by atoms with Crippen molar-refractivity contribution < 1.29 is 4.21 Å². The minimum atomic E-state index is -0.763. The van der Waals surface area contributed by atoms with Gasteiger partial charge in [-0.05, 0) is 24.4 Å². The van der Waals surface area contributed by atoms with E-state index in [9.17, 15) is 4.21 Å². The smallest absolute Gasteiger partial charge is 0.0568 e. The summed E-state index contributed by atoms with van der Waals surface area (Å²) >= 11 is 0. The average molecular weight is 265 g/mol. The van der Waals surface area contributed by atoms with Crippen molar-refractivity contribution in [1.82, 2.24) is 5.32 Å². The Morgan fingerprint density at radius 1 is 1.28 bits per heavy atom. The Hall–Kier alpha value is -0.670. The van der Waals surface area contributed by atoms with Gasteiger partial charge >= 0.3 is 0 Å². The monoisotopic (exact) mass is 265 g/mol. The van der Waals surface area contributed by atoms with Crippen molar-refractivity contribution in [2.75, 3.05) is 6.54 Å². The topological polar surface area (TPSA) is 29.1 Å². The molecule has 2 nitrogen and oxygen atoms in total. The Bertz CT molecular complexity index is 404. The molecule has 2 rings (SSSR count). The van der Waals surface area contributed by atoms with Crippen LogP contribution in [0, 0.1) is 5.92 Å². The molecule has 0 spiro atoms. The van der Waals surface area contributed by atoms with Crippen molar-refractivity contribution in [3.05, 3.63) is 35.9 Å². The van der Waals surface area contributed by atoms with Gasteiger partial charge in [0, 0.05) is 22.1 Å². The summed E-state index contributed by atoms with van der Waals surface area (Å²) in [4.78, 5) is 0. The van der Waals surface area contributed by atoms with Crippen LogP contribution >= 0.6 is 0 Å². The van der Waals surface area contributed by atoms with Crippen LogP contribution in [0.25, 0.3) is 0 Å². The van der Waals surface area contributed by atoms with Crippen LogP contribution in [-0.2, 0) is 10.8 Å². The second kappa shape index (κ2) is 5.98. The van der Waals surface area contributed by atoms with Crippen molar-refractivity contribution in [3.8, 4) is 0 Å². The van der Waals surface area contributed by atoms with Crippen LogP contribution in [0.1, 0.15) is 38.8 Å². The molecule has 0 radical (unpaired) electrons. The summed E-state index contributed by atoms with van der Waals surface area (Å²) in [5.74, 6) is 0.420. The summed E-state index contributed by atoms with van der Waals surface area (Å²) in [6, 6.07) is 10.7. The van der Waals surface area contributed by atoms with Gasteiger partial charge in [-0.1, -0.05) is 51.1 Å². The van der Waals surface area contributed by atoms with E-state index >= 15 is 0 Å². The van der Waals surface area contributed by atoms with E-state index in [1.54, 1.807) is 0 Å². The molecule has 1 heterocycles. The summed E-state index contributed by atoms with van der Waals surface area (Å²) in [6.07, 6.45) is 0.999. The van der Waals surface area contributed by atoms with Crippen LogP contribution in [0.15, 0.2) is 30.3 Å². The third-order valence-corrected chi connectivity index (χ3v) is 6.11. The highest BCUT2D eigenvalue weighted by Gasteiger charge is 2.35. The molecule has 0 amide bonds. The fraction of sp³-hybridized carbons (Fsp3) is 0.600. The number of nitrogens with one attached hydrogen (secondary N) is 1. The predicted molar refractivity (Wildman–Crippen MR) is 78.0 cm³/mol. The van der Waals surface area contributed by atoms with E-state index in [1.807, 2.05) is 6.07 Å². The molecule has 1 aliphatic rings. The maximum atomic E-state index is 12.6. The first-order valence-electron chi connectivity index (χ1n) is 6.79. The van der Waals surface area contributed by atoms with E-state index in [2.05, 4.69) is 50.4 Å². The highest BCUT2D eigenvalue weighted by Crippen LogP contribution is 2.30. The molecule has 0 saturated carbocycles. The third-order valence-electron chi connectivity index (χ3n) is 3.72. The lowest BCUT2D eigenvalue weighted by Gasteiger charge is -2.29. The summed E-state index contributed by atoms with van der Waals surface area (Å²) < 4.78 is 12.6. The molecule has 1 N–H and O–H groups in total. The molecule has 1 saturated heterocycles. The lowest BCUT2D eigenvalue weighted by atomic mass is 9.96. The lowest BCUT2D eigenvalue weighted by molar-refractivity contribution is 0.446. The molecule has 3 heteroatoms. The van der Waals surface area contributed by atoms with Gasteiger partial charge in [0.2, 0.25) is 0 Å². The molecule has 1 aromatic carbocycles. The summed E-state index contributed by atoms with van der Waals surface area (Å²) in [5, 5.41) is 4.09. The highest BCUT2D eigenvalue weighted by atomic mass is 32.2. The Morgan fingerprint density at radius 3 is 2.56 bits per heavy atom. The molecule has 0 aromatic heterocycles. The molecule has 1 fully saturated rings. The van der Waals surface area contributed by atoms with E-state index < -0.39 is 10.8 Å². The second-order valence-electron chi connectivity index (χ2n) is 5.48. The van der Waals surface area contributed by atoms with E-state index in [4.69, 9.17) is 0 Å². The lowest BCUT2D eigenvalue weighted by Crippen LogP contribution is -2.37. The molecular formula is C15H23NOS. The quantitative estimate of drug-likeness (QED) is 0.891. The van der Waals surface area contributed by atoms with Crippen molar-refractivity contribution in [3.63, 3.8) is 0 Å². The van der Waals surface area contributed by atoms with E-state index in [0.29, 0.717) is 11.2 Å². The normalized spacial score (nSPS) is 33.3. The van der Waals surface area contributed by atoms with Crippen LogP contribution < -0.4 is 5.32 Å². The highest BCUT2D eigenvalue weighted by molar-refractivity contribution is 7.86. The summed E-state index contributed by atoms with van der Waals surface area (Å²) in [7, 11) is -0.763. The van der Waals surface area contributed by atoms with Crippen molar-refractivity contribution in [2.24, 2.45) is 5.92 Å².